The fourth-order valence-electron chi connectivity index (χ4n) is 2.02. The van der Waals surface area contributed by atoms with Crippen LogP contribution in [0.3, 0.4) is 0 Å². The summed E-state index contributed by atoms with van der Waals surface area (Å²) >= 11 is 5.98. The van der Waals surface area contributed by atoms with Gasteiger partial charge in [-0.25, -0.2) is 0 Å². The predicted molar refractivity (Wildman–Crippen MR) is 83.7 cm³/mol. The number of rotatable bonds is 5. The minimum Gasteiger partial charge on any atom is -0.397 e. The molecule has 0 fully saturated rings. The lowest BCUT2D eigenvalue weighted by Gasteiger charge is -2.17. The Bertz CT molecular complexity index is 526. The molecule has 2 rings (SSSR count). The third-order valence-electron chi connectivity index (χ3n) is 3.13. The topological polar surface area (TPSA) is 38.0 Å². The number of anilines is 2. The second-order valence-electron chi connectivity index (χ2n) is 4.80. The molecule has 0 bridgehead atoms. The zero-order valence-corrected chi connectivity index (χ0v) is 11.8. The molecule has 0 aliphatic rings. The quantitative estimate of drug-likeness (QED) is 0.795. The van der Waals surface area contributed by atoms with Crippen molar-refractivity contribution in [2.75, 3.05) is 11.1 Å². The predicted octanol–water partition coefficient (Wildman–Crippen LogP) is 4.36. The SMILES string of the molecule is CC(CCc1ccccc1)Nc1cc(Cl)ccc1N. The zero-order chi connectivity index (χ0) is 13.7. The van der Waals surface area contributed by atoms with E-state index in [4.69, 9.17) is 17.3 Å². The van der Waals surface area contributed by atoms with Crippen LogP contribution < -0.4 is 11.1 Å². The Morgan fingerprint density at radius 3 is 2.63 bits per heavy atom. The lowest BCUT2D eigenvalue weighted by molar-refractivity contribution is 0.706. The van der Waals surface area contributed by atoms with E-state index in [0.29, 0.717) is 11.1 Å². The molecule has 0 amide bonds. The van der Waals surface area contributed by atoms with Crippen molar-refractivity contribution in [1.29, 1.82) is 0 Å². The molecule has 3 heteroatoms. The first kappa shape index (κ1) is 13.8. The van der Waals surface area contributed by atoms with Crippen LogP contribution in [0.1, 0.15) is 18.9 Å². The fraction of sp³-hybridized carbons (Fsp3) is 0.250. The molecule has 0 heterocycles. The largest absolute Gasteiger partial charge is 0.397 e. The molecule has 1 unspecified atom stereocenters. The molecule has 2 aromatic carbocycles. The number of halogens is 1. The van der Waals surface area contributed by atoms with Crippen molar-refractivity contribution >= 4 is 23.0 Å². The highest BCUT2D eigenvalue weighted by atomic mass is 35.5. The van der Waals surface area contributed by atoms with Gasteiger partial charge in [-0.3, -0.25) is 0 Å². The number of nitrogens with one attached hydrogen (secondary N) is 1. The van der Waals surface area contributed by atoms with E-state index >= 15 is 0 Å². The highest BCUT2D eigenvalue weighted by molar-refractivity contribution is 6.31. The van der Waals surface area contributed by atoms with E-state index < -0.39 is 0 Å². The number of hydrogen-bond acceptors (Lipinski definition) is 2. The first-order valence-corrected chi connectivity index (χ1v) is 6.88. The Kier molecular flexibility index (Phi) is 4.69. The van der Waals surface area contributed by atoms with Gasteiger partial charge in [-0.15, -0.1) is 0 Å². The van der Waals surface area contributed by atoms with Crippen LogP contribution in [-0.4, -0.2) is 6.04 Å². The standard InChI is InChI=1S/C16H19ClN2/c1-12(7-8-13-5-3-2-4-6-13)19-16-11-14(17)9-10-15(16)18/h2-6,9-12,19H,7-8,18H2,1H3. The number of hydrogen-bond donors (Lipinski definition) is 2. The molecule has 0 aliphatic carbocycles. The lowest BCUT2D eigenvalue weighted by atomic mass is 10.1. The van der Waals surface area contributed by atoms with Crippen LogP contribution in [0.5, 0.6) is 0 Å². The molecular weight excluding hydrogens is 256 g/mol. The third-order valence-corrected chi connectivity index (χ3v) is 3.36. The summed E-state index contributed by atoms with van der Waals surface area (Å²) in [5.74, 6) is 0. The summed E-state index contributed by atoms with van der Waals surface area (Å²) in [4.78, 5) is 0. The minimum absolute atomic E-state index is 0.348. The normalized spacial score (nSPS) is 12.1. The van der Waals surface area contributed by atoms with Crippen molar-refractivity contribution in [2.45, 2.75) is 25.8 Å². The van der Waals surface area contributed by atoms with Gasteiger partial charge in [0.15, 0.2) is 0 Å². The third kappa shape index (κ3) is 4.18. The zero-order valence-electron chi connectivity index (χ0n) is 11.1. The van der Waals surface area contributed by atoms with Gasteiger partial charge in [-0.1, -0.05) is 41.9 Å². The molecule has 1 atom stereocenters. The molecule has 2 nitrogen and oxygen atoms in total. The highest BCUT2D eigenvalue weighted by Crippen LogP contribution is 2.24. The maximum atomic E-state index is 5.98. The highest BCUT2D eigenvalue weighted by Gasteiger charge is 2.06. The van der Waals surface area contributed by atoms with Crippen molar-refractivity contribution in [2.24, 2.45) is 0 Å². The van der Waals surface area contributed by atoms with Crippen molar-refractivity contribution in [3.8, 4) is 0 Å². The van der Waals surface area contributed by atoms with E-state index in [1.165, 1.54) is 5.56 Å². The molecule has 0 saturated carbocycles. The van der Waals surface area contributed by atoms with Gasteiger partial charge in [0.05, 0.1) is 11.4 Å². The molecular formula is C16H19ClN2. The summed E-state index contributed by atoms with van der Waals surface area (Å²) in [7, 11) is 0. The fourth-order valence-corrected chi connectivity index (χ4v) is 2.19. The van der Waals surface area contributed by atoms with Crippen LogP contribution in [0.4, 0.5) is 11.4 Å². The van der Waals surface area contributed by atoms with E-state index in [-0.39, 0.29) is 0 Å². The van der Waals surface area contributed by atoms with Gasteiger partial charge >= 0.3 is 0 Å². The molecule has 19 heavy (non-hydrogen) atoms. The van der Waals surface area contributed by atoms with Gasteiger partial charge in [0, 0.05) is 11.1 Å². The smallest absolute Gasteiger partial charge is 0.0590 e. The number of nitrogens with two attached hydrogens (primary N) is 1. The Balaban J connectivity index is 1.90. The second-order valence-corrected chi connectivity index (χ2v) is 5.24. The molecule has 0 spiro atoms. The van der Waals surface area contributed by atoms with E-state index in [9.17, 15) is 0 Å². The van der Waals surface area contributed by atoms with Gasteiger partial charge in [0.1, 0.15) is 0 Å². The summed E-state index contributed by atoms with van der Waals surface area (Å²) in [6, 6.07) is 16.3. The lowest BCUT2D eigenvalue weighted by Crippen LogP contribution is -2.17. The Hall–Kier alpha value is -1.67. The van der Waals surface area contributed by atoms with Gasteiger partial charge in [-0.2, -0.15) is 0 Å². The van der Waals surface area contributed by atoms with Crippen molar-refractivity contribution in [3.05, 3.63) is 59.1 Å². The van der Waals surface area contributed by atoms with E-state index in [2.05, 4.69) is 36.5 Å². The molecule has 0 saturated heterocycles. The van der Waals surface area contributed by atoms with E-state index in [0.717, 1.165) is 24.2 Å². The first-order valence-electron chi connectivity index (χ1n) is 6.50. The van der Waals surface area contributed by atoms with Crippen molar-refractivity contribution in [1.82, 2.24) is 0 Å². The summed E-state index contributed by atoms with van der Waals surface area (Å²) in [6.45, 7) is 2.16. The summed E-state index contributed by atoms with van der Waals surface area (Å²) in [5, 5.41) is 4.11. The Labute approximate surface area is 119 Å². The summed E-state index contributed by atoms with van der Waals surface area (Å²) < 4.78 is 0. The van der Waals surface area contributed by atoms with Crippen LogP contribution >= 0.6 is 11.6 Å². The Morgan fingerprint density at radius 2 is 1.89 bits per heavy atom. The van der Waals surface area contributed by atoms with Crippen LogP contribution in [0, 0.1) is 0 Å². The summed E-state index contributed by atoms with van der Waals surface area (Å²) in [5.41, 5.74) is 8.92. The van der Waals surface area contributed by atoms with Gasteiger partial charge < -0.3 is 11.1 Å². The summed E-state index contributed by atoms with van der Waals surface area (Å²) in [6.07, 6.45) is 2.10. The maximum absolute atomic E-state index is 5.98. The molecule has 0 radical (unpaired) electrons. The molecule has 0 aromatic heterocycles. The molecule has 3 N–H and O–H groups in total. The minimum atomic E-state index is 0.348. The maximum Gasteiger partial charge on any atom is 0.0590 e. The van der Waals surface area contributed by atoms with E-state index in [1.807, 2.05) is 18.2 Å². The molecule has 0 aliphatic heterocycles. The number of benzene rings is 2. The average Bonchev–Trinajstić information content (AvgIpc) is 2.42. The van der Waals surface area contributed by atoms with Crippen LogP contribution in [0.2, 0.25) is 5.02 Å². The number of nitrogen functional groups attached to an aromatic ring is 1. The second kappa shape index (κ2) is 6.48. The van der Waals surface area contributed by atoms with E-state index in [1.54, 1.807) is 6.07 Å². The molecule has 100 valence electrons. The first-order chi connectivity index (χ1) is 9.15. The monoisotopic (exact) mass is 274 g/mol. The number of aryl methyl sites for hydroxylation is 1. The van der Waals surface area contributed by atoms with Crippen LogP contribution in [0.25, 0.3) is 0 Å². The van der Waals surface area contributed by atoms with Crippen LogP contribution in [-0.2, 0) is 6.42 Å². The van der Waals surface area contributed by atoms with Crippen molar-refractivity contribution < 1.29 is 0 Å². The van der Waals surface area contributed by atoms with Crippen LogP contribution in [0.15, 0.2) is 48.5 Å². The van der Waals surface area contributed by atoms with Crippen molar-refractivity contribution in [3.63, 3.8) is 0 Å². The Morgan fingerprint density at radius 1 is 1.16 bits per heavy atom. The van der Waals surface area contributed by atoms with Gasteiger partial charge in [0.2, 0.25) is 0 Å². The van der Waals surface area contributed by atoms with Gasteiger partial charge in [-0.05, 0) is 43.5 Å². The average molecular weight is 275 g/mol. The van der Waals surface area contributed by atoms with Gasteiger partial charge in [0.25, 0.3) is 0 Å². The molecule has 2 aromatic rings.